The van der Waals surface area contributed by atoms with E-state index in [2.05, 4.69) is 53.3 Å². The Kier molecular flexibility index (Phi) is 14.1. The Balaban J connectivity index is 1.62. The number of nitrogens with zero attached hydrogens (tertiary/aromatic N) is 2. The van der Waals surface area contributed by atoms with E-state index >= 15 is 4.39 Å². The van der Waals surface area contributed by atoms with E-state index in [-0.39, 0.29) is 17.6 Å². The number of carbonyl (C=O) groups excluding carboxylic acids is 1. The Hall–Kier alpha value is -4.98. The number of amides is 1. The lowest BCUT2D eigenvalue weighted by molar-refractivity contribution is -0.118. The molecule has 0 spiro atoms. The summed E-state index contributed by atoms with van der Waals surface area (Å²) >= 11 is 0. The highest BCUT2D eigenvalue weighted by Crippen LogP contribution is 2.38. The van der Waals surface area contributed by atoms with Crippen molar-refractivity contribution in [3.05, 3.63) is 137 Å². The zero-order chi connectivity index (χ0) is 36.0. The molecule has 1 unspecified atom stereocenters. The third kappa shape index (κ3) is 10.3. The minimum atomic E-state index is -0.705. The van der Waals surface area contributed by atoms with Crippen LogP contribution in [0.4, 0.5) is 10.1 Å². The van der Waals surface area contributed by atoms with Crippen molar-refractivity contribution in [3.63, 3.8) is 0 Å². The Morgan fingerprint density at radius 2 is 1.70 bits per heavy atom. The molecule has 1 aliphatic carbocycles. The lowest BCUT2D eigenvalue weighted by Gasteiger charge is -2.24. The van der Waals surface area contributed by atoms with Crippen molar-refractivity contribution in [2.45, 2.75) is 98.1 Å². The van der Waals surface area contributed by atoms with Gasteiger partial charge in [-0.25, -0.2) is 14.4 Å². The zero-order valence-electron chi connectivity index (χ0n) is 30.4. The number of hydrogen-bond acceptors (Lipinski definition) is 6. The third-order valence-corrected chi connectivity index (χ3v) is 8.25. The summed E-state index contributed by atoms with van der Waals surface area (Å²) < 4.78 is 22.0. The quantitative estimate of drug-likeness (QED) is 0.0918. The van der Waals surface area contributed by atoms with E-state index in [9.17, 15) is 4.79 Å². The fourth-order valence-electron chi connectivity index (χ4n) is 5.50. The van der Waals surface area contributed by atoms with Crippen molar-refractivity contribution in [1.29, 1.82) is 0 Å². The Morgan fingerprint density at radius 3 is 2.30 bits per heavy atom. The van der Waals surface area contributed by atoms with E-state index < -0.39 is 11.9 Å². The first-order valence-corrected chi connectivity index (χ1v) is 17.8. The van der Waals surface area contributed by atoms with Gasteiger partial charge in [0.2, 0.25) is 5.91 Å². The van der Waals surface area contributed by atoms with Gasteiger partial charge in [-0.3, -0.25) is 4.79 Å². The van der Waals surface area contributed by atoms with Gasteiger partial charge in [-0.2, -0.15) is 0 Å². The maximum absolute atomic E-state index is 15.4. The van der Waals surface area contributed by atoms with Crippen LogP contribution in [0.1, 0.15) is 109 Å². The van der Waals surface area contributed by atoms with Crippen LogP contribution in [0, 0.1) is 5.82 Å². The highest BCUT2D eigenvalue weighted by molar-refractivity contribution is 5.99. The molecule has 50 heavy (non-hydrogen) atoms. The molecule has 0 bridgehead atoms. The smallest absolute Gasteiger partial charge is 0.247 e. The van der Waals surface area contributed by atoms with Crippen LogP contribution in [0.5, 0.6) is 0 Å². The number of allylic oxidation sites excluding steroid dienone is 4. The van der Waals surface area contributed by atoms with Crippen LogP contribution in [-0.4, -0.2) is 28.0 Å². The normalized spacial score (nSPS) is 14.7. The number of para-hydroxylation sites is 1. The van der Waals surface area contributed by atoms with Crippen LogP contribution < -0.4 is 16.0 Å². The van der Waals surface area contributed by atoms with Crippen molar-refractivity contribution in [3.8, 4) is 0 Å². The predicted octanol–water partition coefficient (Wildman–Crippen LogP) is 9.80. The molecule has 0 saturated heterocycles. The van der Waals surface area contributed by atoms with Crippen LogP contribution in [0.25, 0.3) is 11.1 Å². The molecule has 1 amide bonds. The fraction of sp³-hybridized carbons (Fsp3) is 0.357. The summed E-state index contributed by atoms with van der Waals surface area (Å²) in [5, 5.41) is 9.68. The first-order valence-electron chi connectivity index (χ1n) is 17.8. The fourth-order valence-corrected chi connectivity index (χ4v) is 5.50. The van der Waals surface area contributed by atoms with Crippen molar-refractivity contribution < 1.29 is 13.9 Å². The number of ether oxygens (including phenoxy) is 1. The van der Waals surface area contributed by atoms with Gasteiger partial charge in [-0.05, 0) is 87.8 Å². The van der Waals surface area contributed by atoms with Crippen LogP contribution in [0.2, 0.25) is 0 Å². The molecule has 1 atom stereocenters. The summed E-state index contributed by atoms with van der Waals surface area (Å²) in [5.74, 6) is 1.51. The molecule has 0 aliphatic heterocycles. The zero-order valence-corrected chi connectivity index (χ0v) is 30.4. The maximum Gasteiger partial charge on any atom is 0.247 e. The average Bonchev–Trinajstić information content (AvgIpc) is 3.97. The number of aromatic nitrogens is 2. The summed E-state index contributed by atoms with van der Waals surface area (Å²) in [7, 11) is 0. The van der Waals surface area contributed by atoms with E-state index in [1.807, 2.05) is 87.9 Å². The van der Waals surface area contributed by atoms with Crippen molar-refractivity contribution in [1.82, 2.24) is 20.6 Å². The molecule has 3 N–H and O–H groups in total. The third-order valence-electron chi connectivity index (χ3n) is 8.25. The predicted molar refractivity (Wildman–Crippen MR) is 203 cm³/mol. The molecular formula is C42H52FN5O2. The first-order chi connectivity index (χ1) is 24.2. The molecule has 4 rings (SSSR count). The summed E-state index contributed by atoms with van der Waals surface area (Å²) in [5.41, 5.74) is 4.72. The summed E-state index contributed by atoms with van der Waals surface area (Å²) in [6.07, 6.45) is 16.6. The van der Waals surface area contributed by atoms with Gasteiger partial charge in [0.1, 0.15) is 23.4 Å². The number of benzene rings is 2. The summed E-state index contributed by atoms with van der Waals surface area (Å²) in [6, 6.07) is 13.8. The van der Waals surface area contributed by atoms with Gasteiger partial charge in [-0.15, -0.1) is 0 Å². The second-order valence-corrected chi connectivity index (χ2v) is 12.7. The maximum atomic E-state index is 15.4. The number of anilines is 1. The van der Waals surface area contributed by atoms with E-state index in [0.717, 1.165) is 40.9 Å². The van der Waals surface area contributed by atoms with E-state index in [4.69, 9.17) is 4.74 Å². The minimum absolute atomic E-state index is 0.0976. The molecule has 1 aliphatic rings. The van der Waals surface area contributed by atoms with Crippen LogP contribution >= 0.6 is 0 Å². The lowest BCUT2D eigenvalue weighted by atomic mass is 9.97. The van der Waals surface area contributed by atoms with Gasteiger partial charge < -0.3 is 20.7 Å². The van der Waals surface area contributed by atoms with Crippen LogP contribution in [-0.2, 0) is 9.53 Å². The molecule has 1 aromatic heterocycles. The van der Waals surface area contributed by atoms with Gasteiger partial charge >= 0.3 is 0 Å². The van der Waals surface area contributed by atoms with Crippen LogP contribution in [0.3, 0.4) is 0 Å². The van der Waals surface area contributed by atoms with E-state index in [1.165, 1.54) is 6.07 Å². The second-order valence-electron chi connectivity index (χ2n) is 12.7. The topological polar surface area (TPSA) is 88.2 Å². The number of nitrogens with one attached hydrogen (secondary N) is 3. The van der Waals surface area contributed by atoms with E-state index in [0.29, 0.717) is 54.4 Å². The Labute approximate surface area is 297 Å². The Bertz CT molecular complexity index is 1720. The second kappa shape index (κ2) is 18.7. The number of rotatable bonds is 18. The van der Waals surface area contributed by atoms with Crippen LogP contribution in [0.15, 0.2) is 109 Å². The molecule has 1 saturated carbocycles. The van der Waals surface area contributed by atoms with Gasteiger partial charge in [-0.1, -0.05) is 82.3 Å². The SMILES string of the molecule is C=C(c1ccccc1)c1cccc(F)c1NC(=O)C(CCC)N/C(=C\CC)OC(=C\CC)/C(=C/NC(C)C)C(=C/C)/c1cnc(C2CC2)nc1. The van der Waals surface area contributed by atoms with Gasteiger partial charge in [0.15, 0.2) is 5.88 Å². The van der Waals surface area contributed by atoms with Gasteiger partial charge in [0, 0.05) is 47.3 Å². The molecule has 8 heteroatoms. The van der Waals surface area contributed by atoms with Crippen molar-refractivity contribution >= 4 is 22.7 Å². The minimum Gasteiger partial charge on any atom is -0.441 e. The summed E-state index contributed by atoms with van der Waals surface area (Å²) in [6.45, 7) is 16.4. The molecule has 2 aromatic carbocycles. The van der Waals surface area contributed by atoms with Crippen molar-refractivity contribution in [2.24, 2.45) is 0 Å². The largest absolute Gasteiger partial charge is 0.441 e. The highest BCUT2D eigenvalue weighted by Gasteiger charge is 2.27. The van der Waals surface area contributed by atoms with Gasteiger partial charge in [0.05, 0.1) is 5.69 Å². The molecule has 264 valence electrons. The first kappa shape index (κ1) is 37.8. The standard InChI is InChI=1S/C42H52FN5O2/c1-8-16-37(42(49)48-40-34(21-15-22-36(40)43)29(7)30-19-13-12-14-20-30)47-39(18-10-3)50-38(17-9-2)35(27-44-28(5)6)33(11-4)32-25-45-41(46-26-32)31-23-24-31/h11-15,17-22,25-28,31,37,44,47H,7-10,16,23-24H2,1-6H3,(H,48,49)/b33-11+,35-27+,38-17-,39-18+. The monoisotopic (exact) mass is 677 g/mol. The number of halogens is 1. The molecule has 1 heterocycles. The average molecular weight is 678 g/mol. The highest BCUT2D eigenvalue weighted by atomic mass is 19.1. The van der Waals surface area contributed by atoms with Crippen molar-refractivity contribution in [2.75, 3.05) is 5.32 Å². The Morgan fingerprint density at radius 1 is 1.00 bits per heavy atom. The number of carbonyl (C=O) groups is 1. The molecule has 1 fully saturated rings. The van der Waals surface area contributed by atoms with Gasteiger partial charge in [0.25, 0.3) is 0 Å². The molecule has 0 radical (unpaired) electrons. The number of hydrogen-bond donors (Lipinski definition) is 3. The summed E-state index contributed by atoms with van der Waals surface area (Å²) in [4.78, 5) is 23.3. The lowest BCUT2D eigenvalue weighted by Crippen LogP contribution is -2.41. The molecule has 7 nitrogen and oxygen atoms in total. The molecular weight excluding hydrogens is 625 g/mol. The van der Waals surface area contributed by atoms with E-state index in [1.54, 1.807) is 12.1 Å². The molecule has 3 aromatic rings.